The third kappa shape index (κ3) is 3.89. The van der Waals surface area contributed by atoms with E-state index in [2.05, 4.69) is 10.3 Å². The van der Waals surface area contributed by atoms with Crippen LogP contribution < -0.4 is 5.32 Å². The summed E-state index contributed by atoms with van der Waals surface area (Å²) in [6, 6.07) is 8.64. The Morgan fingerprint density at radius 2 is 1.86 bits per heavy atom. The Morgan fingerprint density at radius 3 is 2.62 bits per heavy atom. The number of sulfonamides is 1. The number of nitrogens with one attached hydrogen (secondary N) is 1. The van der Waals surface area contributed by atoms with Crippen LogP contribution in [0.2, 0.25) is 0 Å². The predicted octanol–water partition coefficient (Wildman–Crippen LogP) is 2.22. The van der Waals surface area contributed by atoms with Crippen molar-refractivity contribution in [2.45, 2.75) is 18.7 Å². The molecule has 29 heavy (non-hydrogen) atoms. The first-order valence-electron chi connectivity index (χ1n) is 9.30. The molecule has 1 saturated heterocycles. The van der Waals surface area contributed by atoms with Gasteiger partial charge in [0.2, 0.25) is 10.0 Å². The number of morpholine rings is 1. The van der Waals surface area contributed by atoms with Gasteiger partial charge in [0.1, 0.15) is 11.3 Å². The average Bonchev–Trinajstić information content (AvgIpc) is 3.13. The first-order chi connectivity index (χ1) is 13.8. The molecule has 1 aromatic carbocycles. The van der Waals surface area contributed by atoms with Crippen LogP contribution in [0.5, 0.6) is 0 Å². The highest BCUT2D eigenvalue weighted by Gasteiger charge is 2.28. The number of nitrogens with zero attached hydrogens (tertiary/aromatic N) is 3. The largest absolute Gasteiger partial charge is 0.379 e. The van der Waals surface area contributed by atoms with Gasteiger partial charge in [-0.15, -0.1) is 0 Å². The van der Waals surface area contributed by atoms with Crippen LogP contribution in [0.25, 0.3) is 5.65 Å². The summed E-state index contributed by atoms with van der Waals surface area (Å²) < 4.78 is 34.5. The number of aromatic nitrogens is 2. The molecule has 1 N–H and O–H groups in total. The fraction of sp³-hybridized carbons (Fsp3) is 0.300. The van der Waals surface area contributed by atoms with Crippen LogP contribution in [0.4, 0.5) is 5.69 Å². The molecule has 0 saturated carbocycles. The van der Waals surface area contributed by atoms with Gasteiger partial charge in [0, 0.05) is 31.2 Å². The maximum absolute atomic E-state index is 13.0. The number of hydrogen-bond acceptors (Lipinski definition) is 5. The molecule has 0 atom stereocenters. The van der Waals surface area contributed by atoms with Crippen LogP contribution in [0, 0.1) is 13.8 Å². The van der Waals surface area contributed by atoms with E-state index in [0.29, 0.717) is 43.2 Å². The number of ether oxygens (including phenoxy) is 1. The maximum atomic E-state index is 13.0. The lowest BCUT2D eigenvalue weighted by Crippen LogP contribution is -2.40. The average molecular weight is 414 g/mol. The molecule has 0 unspecified atom stereocenters. The smallest absolute Gasteiger partial charge is 0.275 e. The summed E-state index contributed by atoms with van der Waals surface area (Å²) in [4.78, 5) is 17.2. The first-order valence-corrected chi connectivity index (χ1v) is 10.7. The number of carbonyl (C=O) groups is 1. The summed E-state index contributed by atoms with van der Waals surface area (Å²) in [6.07, 6.45) is 3.54. The van der Waals surface area contributed by atoms with Crippen LogP contribution in [0.3, 0.4) is 0 Å². The van der Waals surface area contributed by atoms with Gasteiger partial charge in [-0.2, -0.15) is 4.31 Å². The quantitative estimate of drug-likeness (QED) is 0.707. The molecule has 1 fully saturated rings. The minimum Gasteiger partial charge on any atom is -0.379 e. The Hall–Kier alpha value is -2.75. The SMILES string of the molecule is Cc1ccc2nc(C(=O)Nc3ccc(C)c(S(=O)(=O)N4CCOCC4)c3)cn2c1. The second-order valence-corrected chi connectivity index (χ2v) is 8.96. The van der Waals surface area contributed by atoms with E-state index >= 15 is 0 Å². The van der Waals surface area contributed by atoms with Crippen LogP contribution in [0.1, 0.15) is 21.6 Å². The Morgan fingerprint density at radius 1 is 1.10 bits per heavy atom. The summed E-state index contributed by atoms with van der Waals surface area (Å²) >= 11 is 0. The summed E-state index contributed by atoms with van der Waals surface area (Å²) in [6.45, 7) is 5.09. The zero-order chi connectivity index (χ0) is 20.6. The topological polar surface area (TPSA) is 93.0 Å². The van der Waals surface area contributed by atoms with E-state index in [-0.39, 0.29) is 10.6 Å². The van der Waals surface area contributed by atoms with E-state index in [4.69, 9.17) is 4.74 Å². The summed E-state index contributed by atoms with van der Waals surface area (Å²) in [5, 5.41) is 2.75. The third-order valence-electron chi connectivity index (χ3n) is 4.87. The molecular weight excluding hydrogens is 392 g/mol. The lowest BCUT2D eigenvalue weighted by molar-refractivity contribution is 0.0730. The number of rotatable bonds is 4. The molecule has 1 amide bonds. The monoisotopic (exact) mass is 414 g/mol. The minimum absolute atomic E-state index is 0.183. The Kier molecular flexibility index (Phi) is 5.12. The standard InChI is InChI=1S/C20H22N4O4S/c1-14-3-6-19-22-17(13-23(19)12-14)20(25)21-16-5-4-15(2)18(11-16)29(26,27)24-7-9-28-10-8-24/h3-6,11-13H,7-10H2,1-2H3,(H,21,25). The molecule has 1 aliphatic rings. The molecule has 9 heteroatoms. The van der Waals surface area contributed by atoms with E-state index in [1.807, 2.05) is 25.3 Å². The van der Waals surface area contributed by atoms with Crippen molar-refractivity contribution in [1.29, 1.82) is 0 Å². The van der Waals surface area contributed by atoms with E-state index in [1.54, 1.807) is 29.7 Å². The van der Waals surface area contributed by atoms with Gasteiger partial charge in [0.25, 0.3) is 5.91 Å². The van der Waals surface area contributed by atoms with Gasteiger partial charge in [0.05, 0.1) is 18.1 Å². The van der Waals surface area contributed by atoms with Crippen LogP contribution in [-0.4, -0.2) is 54.3 Å². The van der Waals surface area contributed by atoms with Gasteiger partial charge in [-0.25, -0.2) is 13.4 Å². The lowest BCUT2D eigenvalue weighted by Gasteiger charge is -2.26. The van der Waals surface area contributed by atoms with Gasteiger partial charge in [-0.3, -0.25) is 4.79 Å². The van der Waals surface area contributed by atoms with E-state index < -0.39 is 15.9 Å². The number of pyridine rings is 1. The fourth-order valence-corrected chi connectivity index (χ4v) is 4.95. The van der Waals surface area contributed by atoms with E-state index in [0.717, 1.165) is 5.56 Å². The number of aryl methyl sites for hydroxylation is 2. The summed E-state index contributed by atoms with van der Waals surface area (Å²) in [5.41, 5.74) is 3.01. The van der Waals surface area contributed by atoms with Gasteiger partial charge >= 0.3 is 0 Å². The van der Waals surface area contributed by atoms with E-state index in [1.165, 1.54) is 10.4 Å². The molecule has 3 aromatic rings. The van der Waals surface area contributed by atoms with Crippen molar-refractivity contribution in [3.63, 3.8) is 0 Å². The summed E-state index contributed by atoms with van der Waals surface area (Å²) in [5.74, 6) is -0.398. The minimum atomic E-state index is -3.66. The lowest BCUT2D eigenvalue weighted by atomic mass is 10.2. The Labute approximate surface area is 169 Å². The second-order valence-electron chi connectivity index (χ2n) is 7.05. The van der Waals surface area contributed by atoms with Crippen LogP contribution in [0.15, 0.2) is 47.6 Å². The van der Waals surface area contributed by atoms with Gasteiger partial charge in [-0.1, -0.05) is 12.1 Å². The van der Waals surface area contributed by atoms with Crippen molar-refractivity contribution < 1.29 is 17.9 Å². The van der Waals surface area contributed by atoms with E-state index in [9.17, 15) is 13.2 Å². The van der Waals surface area contributed by atoms with Crippen LogP contribution >= 0.6 is 0 Å². The Bertz CT molecular complexity index is 1180. The van der Waals surface area contributed by atoms with Crippen molar-refractivity contribution in [1.82, 2.24) is 13.7 Å². The molecular formula is C20H22N4O4S. The van der Waals surface area contributed by atoms with Crippen molar-refractivity contribution in [2.75, 3.05) is 31.6 Å². The van der Waals surface area contributed by atoms with Crippen molar-refractivity contribution >= 4 is 27.3 Å². The number of benzene rings is 1. The first kappa shape index (κ1) is 19.6. The fourth-order valence-electron chi connectivity index (χ4n) is 3.29. The molecule has 152 valence electrons. The molecule has 2 aromatic heterocycles. The molecule has 0 spiro atoms. The highest BCUT2D eigenvalue weighted by Crippen LogP contribution is 2.24. The van der Waals surface area contributed by atoms with Gasteiger partial charge in [0.15, 0.2) is 0 Å². The third-order valence-corrected chi connectivity index (χ3v) is 6.91. The normalized spacial score (nSPS) is 15.5. The zero-order valence-electron chi connectivity index (χ0n) is 16.3. The van der Waals surface area contributed by atoms with Crippen molar-refractivity contribution in [3.8, 4) is 0 Å². The number of imidazole rings is 1. The number of carbonyl (C=O) groups excluding carboxylic acids is 1. The number of anilines is 1. The highest BCUT2D eigenvalue weighted by atomic mass is 32.2. The molecule has 8 nitrogen and oxygen atoms in total. The molecule has 1 aliphatic heterocycles. The molecule has 0 bridgehead atoms. The van der Waals surface area contributed by atoms with Crippen LogP contribution in [-0.2, 0) is 14.8 Å². The maximum Gasteiger partial charge on any atom is 0.275 e. The van der Waals surface area contributed by atoms with Gasteiger partial charge in [-0.05, 0) is 43.2 Å². The number of hydrogen-bond donors (Lipinski definition) is 1. The molecule has 0 aliphatic carbocycles. The predicted molar refractivity (Wildman–Crippen MR) is 109 cm³/mol. The second kappa shape index (κ2) is 7.58. The van der Waals surface area contributed by atoms with Gasteiger partial charge < -0.3 is 14.5 Å². The highest BCUT2D eigenvalue weighted by molar-refractivity contribution is 7.89. The number of amides is 1. The Balaban J connectivity index is 1.60. The zero-order valence-corrected chi connectivity index (χ0v) is 17.1. The molecule has 0 radical (unpaired) electrons. The molecule has 4 rings (SSSR count). The summed E-state index contributed by atoms with van der Waals surface area (Å²) in [7, 11) is -3.66. The number of fused-ring (bicyclic) bond motifs is 1. The van der Waals surface area contributed by atoms with Crippen molar-refractivity contribution in [2.24, 2.45) is 0 Å². The molecule has 3 heterocycles. The van der Waals surface area contributed by atoms with Crippen molar-refractivity contribution in [3.05, 3.63) is 59.5 Å².